The van der Waals surface area contributed by atoms with E-state index in [1.54, 1.807) is 0 Å². The van der Waals surface area contributed by atoms with Crippen molar-refractivity contribution >= 4 is 27.1 Å². The third kappa shape index (κ3) is 1.79. The zero-order valence-corrected chi connectivity index (χ0v) is 8.31. The van der Waals surface area contributed by atoms with Gasteiger partial charge in [0, 0.05) is 11.3 Å². The minimum absolute atomic E-state index is 0.129. The number of carbonyl (C=O) groups is 1. The molecule has 0 spiro atoms. The number of nitro benzene ring substituents is 1. The molecule has 1 aromatic rings. The first-order valence-electron chi connectivity index (χ1n) is 3.65. The van der Waals surface area contributed by atoms with Gasteiger partial charge in [-0.05, 0) is 6.07 Å². The highest BCUT2D eigenvalue weighted by Crippen LogP contribution is 2.09. The van der Waals surface area contributed by atoms with Crippen LogP contribution in [-0.4, -0.2) is 28.2 Å². The van der Waals surface area contributed by atoms with Gasteiger partial charge in [-0.15, -0.1) is 0 Å². The van der Waals surface area contributed by atoms with Crippen LogP contribution in [-0.2, 0) is 4.74 Å². The van der Waals surface area contributed by atoms with Gasteiger partial charge in [-0.2, -0.15) is 0 Å². The summed E-state index contributed by atoms with van der Waals surface area (Å²) >= 11 is 0. The summed E-state index contributed by atoms with van der Waals surface area (Å²) in [6.07, 6.45) is 0. The third-order valence-corrected chi connectivity index (χ3v) is 2.17. The molecule has 1 rings (SSSR count). The van der Waals surface area contributed by atoms with Crippen LogP contribution in [0.3, 0.4) is 0 Å². The zero-order valence-electron chi connectivity index (χ0n) is 7.31. The molecule has 3 radical (unpaired) electrons. The lowest BCUT2D eigenvalue weighted by atomic mass is 10.2. The highest BCUT2D eigenvalue weighted by Gasteiger charge is 2.17. The summed E-state index contributed by atoms with van der Waals surface area (Å²) in [4.78, 5) is 21.1. The summed E-state index contributed by atoms with van der Waals surface area (Å²) in [5, 5.41) is 10.6. The summed E-state index contributed by atoms with van der Waals surface area (Å²) in [7, 11) is 4.25. The van der Waals surface area contributed by atoms with E-state index in [9.17, 15) is 14.9 Å². The van der Waals surface area contributed by atoms with Crippen LogP contribution in [0.25, 0.3) is 0 Å². The highest BCUT2D eigenvalue weighted by molar-refractivity contribution is 6.38. The second kappa shape index (κ2) is 4.01. The summed E-state index contributed by atoms with van der Waals surface area (Å²) in [5.74, 6) is -0.612. The number of nitro groups is 1. The Bertz CT molecular complexity index is 391. The molecule has 71 valence electrons. The number of rotatable bonds is 2. The number of benzene rings is 1. The number of esters is 1. The van der Waals surface area contributed by atoms with Gasteiger partial charge >= 0.3 is 5.97 Å². The summed E-state index contributed by atoms with van der Waals surface area (Å²) in [5.41, 5.74) is -0.0251. The van der Waals surface area contributed by atoms with Crippen molar-refractivity contribution in [1.29, 1.82) is 0 Å². The van der Waals surface area contributed by atoms with Crippen LogP contribution in [0.2, 0.25) is 0 Å². The van der Waals surface area contributed by atoms with Crippen molar-refractivity contribution in [3.8, 4) is 0 Å². The fourth-order valence-corrected chi connectivity index (χ4v) is 1.33. The maximum absolute atomic E-state index is 11.1. The number of carbonyl (C=O) groups excluding carboxylic acids is 1. The molecule has 0 unspecified atom stereocenters. The molecule has 0 heterocycles. The number of hydrogen-bond donors (Lipinski definition) is 0. The molecule has 0 saturated heterocycles. The Kier molecular flexibility index (Phi) is 2.98. The van der Waals surface area contributed by atoms with Crippen molar-refractivity contribution in [2.75, 3.05) is 7.11 Å². The largest absolute Gasteiger partial charge is 0.465 e. The molecule has 0 aliphatic carbocycles. The van der Waals surface area contributed by atoms with Crippen LogP contribution in [0.1, 0.15) is 10.4 Å². The molecule has 14 heavy (non-hydrogen) atoms. The fraction of sp³-hybridized carbons (Fsp3) is 0.125. The Balaban J connectivity index is 3.27. The van der Waals surface area contributed by atoms with Gasteiger partial charge in [-0.3, -0.25) is 10.1 Å². The SMILES string of the molecule is COC(=O)c1cccc([N+](=O)[O-])c1[Si]. The van der Waals surface area contributed by atoms with Crippen LogP contribution in [0.4, 0.5) is 5.69 Å². The van der Waals surface area contributed by atoms with E-state index in [2.05, 4.69) is 15.0 Å². The first-order chi connectivity index (χ1) is 6.57. The van der Waals surface area contributed by atoms with Crippen molar-refractivity contribution in [3.05, 3.63) is 33.9 Å². The number of hydrogen-bond acceptors (Lipinski definition) is 4. The van der Waals surface area contributed by atoms with Crippen LogP contribution < -0.4 is 5.19 Å². The normalized spacial score (nSPS) is 9.57. The van der Waals surface area contributed by atoms with Crippen molar-refractivity contribution in [2.24, 2.45) is 0 Å². The summed E-state index contributed by atoms with van der Waals surface area (Å²) < 4.78 is 4.46. The molecule has 0 fully saturated rings. The molecule has 0 saturated carbocycles. The predicted molar refractivity (Wildman–Crippen MR) is 49.8 cm³/mol. The first-order valence-corrected chi connectivity index (χ1v) is 4.15. The van der Waals surface area contributed by atoms with Gasteiger partial charge in [-0.1, -0.05) is 6.07 Å². The van der Waals surface area contributed by atoms with Crippen molar-refractivity contribution in [2.45, 2.75) is 0 Å². The topological polar surface area (TPSA) is 69.4 Å². The molecule has 0 atom stereocenters. The van der Waals surface area contributed by atoms with Crippen molar-refractivity contribution < 1.29 is 14.5 Å². The Labute approximate surface area is 83.3 Å². The average Bonchev–Trinajstić information content (AvgIpc) is 2.16. The lowest BCUT2D eigenvalue weighted by Crippen LogP contribution is -2.20. The smallest absolute Gasteiger partial charge is 0.337 e. The van der Waals surface area contributed by atoms with E-state index >= 15 is 0 Å². The molecule has 6 heteroatoms. The van der Waals surface area contributed by atoms with E-state index in [4.69, 9.17) is 0 Å². The van der Waals surface area contributed by atoms with Crippen molar-refractivity contribution in [3.63, 3.8) is 0 Å². The third-order valence-electron chi connectivity index (χ3n) is 1.64. The Morgan fingerprint density at radius 1 is 1.57 bits per heavy atom. The Hall–Kier alpha value is -1.69. The molecule has 0 aliphatic rings. The van der Waals surface area contributed by atoms with Crippen LogP contribution in [0.5, 0.6) is 0 Å². The average molecular weight is 208 g/mol. The molecule has 0 N–H and O–H groups in total. The first kappa shape index (κ1) is 10.4. The van der Waals surface area contributed by atoms with Gasteiger partial charge in [-0.25, -0.2) is 4.79 Å². The quantitative estimate of drug-likeness (QED) is 0.301. The second-order valence-corrected chi connectivity index (χ2v) is 2.95. The molecule has 0 aliphatic heterocycles. The van der Waals surface area contributed by atoms with E-state index in [0.717, 1.165) is 0 Å². The summed E-state index contributed by atoms with van der Waals surface area (Å²) in [6.45, 7) is 0. The minimum atomic E-state index is -0.612. The van der Waals surface area contributed by atoms with Gasteiger partial charge in [0.05, 0.1) is 27.8 Å². The molecule has 5 nitrogen and oxygen atoms in total. The number of nitrogens with zero attached hydrogens (tertiary/aromatic N) is 1. The van der Waals surface area contributed by atoms with E-state index in [1.807, 2.05) is 0 Å². The molecular formula is C8H6NO4Si. The highest BCUT2D eigenvalue weighted by atomic mass is 28.1. The van der Waals surface area contributed by atoms with Gasteiger partial charge in [0.2, 0.25) is 0 Å². The maximum atomic E-state index is 11.1. The fourth-order valence-electron chi connectivity index (χ4n) is 0.972. The van der Waals surface area contributed by atoms with E-state index in [-0.39, 0.29) is 16.4 Å². The number of ether oxygens (including phenoxy) is 1. The van der Waals surface area contributed by atoms with Crippen LogP contribution >= 0.6 is 0 Å². The zero-order chi connectivity index (χ0) is 10.7. The maximum Gasteiger partial charge on any atom is 0.337 e. The Morgan fingerprint density at radius 3 is 2.71 bits per heavy atom. The van der Waals surface area contributed by atoms with Gasteiger partial charge in [0.1, 0.15) is 0 Å². The van der Waals surface area contributed by atoms with Gasteiger partial charge in [0.15, 0.2) is 0 Å². The number of methoxy groups -OCH3 is 1. The van der Waals surface area contributed by atoms with Crippen molar-refractivity contribution in [1.82, 2.24) is 0 Å². The van der Waals surface area contributed by atoms with E-state index in [1.165, 1.54) is 25.3 Å². The monoisotopic (exact) mass is 208 g/mol. The predicted octanol–water partition coefficient (Wildman–Crippen LogP) is 0.175. The molecule has 0 aromatic heterocycles. The summed E-state index contributed by atoms with van der Waals surface area (Å²) in [6, 6.07) is 4.17. The molecule has 0 amide bonds. The van der Waals surface area contributed by atoms with Gasteiger partial charge < -0.3 is 4.74 Å². The molecule has 1 aromatic carbocycles. The lowest BCUT2D eigenvalue weighted by Gasteiger charge is -2.03. The lowest BCUT2D eigenvalue weighted by molar-refractivity contribution is -0.383. The van der Waals surface area contributed by atoms with E-state index in [0.29, 0.717) is 0 Å². The van der Waals surface area contributed by atoms with E-state index < -0.39 is 10.9 Å². The van der Waals surface area contributed by atoms with Crippen LogP contribution in [0.15, 0.2) is 18.2 Å². The molecule has 0 bridgehead atoms. The standard InChI is InChI=1S/C8H6NO4Si/c1-13-8(10)5-3-2-4-6(7(5)14)9(11)12/h2-4H,1H3. The van der Waals surface area contributed by atoms with Crippen LogP contribution in [0, 0.1) is 10.1 Å². The second-order valence-electron chi connectivity index (χ2n) is 2.45. The molecular weight excluding hydrogens is 202 g/mol. The Morgan fingerprint density at radius 2 is 2.21 bits per heavy atom. The minimum Gasteiger partial charge on any atom is -0.465 e. The van der Waals surface area contributed by atoms with Gasteiger partial charge in [0.25, 0.3) is 5.69 Å².